The second-order valence-corrected chi connectivity index (χ2v) is 6.21. The number of benzene rings is 2. The number of hydrogen-bond donors (Lipinski definition) is 2. The van der Waals surface area contributed by atoms with Gasteiger partial charge in [0.15, 0.2) is 0 Å². The van der Waals surface area contributed by atoms with E-state index in [2.05, 4.69) is 15.6 Å². The molecule has 0 aliphatic rings. The Morgan fingerprint density at radius 3 is 2.15 bits per heavy atom. The summed E-state index contributed by atoms with van der Waals surface area (Å²) < 4.78 is 5.16. The third-order valence-corrected chi connectivity index (χ3v) is 4.21. The first kappa shape index (κ1) is 18.5. The molecule has 1 amide bonds. The molecule has 0 radical (unpaired) electrons. The molecule has 0 bridgehead atoms. The van der Waals surface area contributed by atoms with Crippen LogP contribution in [0.25, 0.3) is 0 Å². The van der Waals surface area contributed by atoms with E-state index in [0.717, 1.165) is 29.1 Å². The third-order valence-electron chi connectivity index (χ3n) is 4.21. The number of ether oxygens (including phenoxy) is 1. The van der Waals surface area contributed by atoms with E-state index in [4.69, 9.17) is 4.74 Å². The molecule has 0 saturated carbocycles. The van der Waals surface area contributed by atoms with Gasteiger partial charge in [0.2, 0.25) is 5.91 Å². The summed E-state index contributed by atoms with van der Waals surface area (Å²) in [5.74, 6) is 0.857. The SMILES string of the molecule is COc1ccc(CNc2ccc(CC(=O)NCc3ccncc3)cc2)cc1. The molecule has 0 saturated heterocycles. The van der Waals surface area contributed by atoms with Crippen molar-refractivity contribution >= 4 is 11.6 Å². The van der Waals surface area contributed by atoms with Gasteiger partial charge in [-0.05, 0) is 53.1 Å². The molecular weight excluding hydrogens is 338 g/mol. The van der Waals surface area contributed by atoms with Gasteiger partial charge >= 0.3 is 0 Å². The lowest BCUT2D eigenvalue weighted by Gasteiger charge is -2.09. The summed E-state index contributed by atoms with van der Waals surface area (Å²) in [6.45, 7) is 1.25. The van der Waals surface area contributed by atoms with Gasteiger partial charge in [-0.25, -0.2) is 0 Å². The van der Waals surface area contributed by atoms with Crippen molar-refractivity contribution in [2.75, 3.05) is 12.4 Å². The number of anilines is 1. The Kier molecular flexibility index (Phi) is 6.41. The van der Waals surface area contributed by atoms with Crippen LogP contribution in [0.4, 0.5) is 5.69 Å². The van der Waals surface area contributed by atoms with Crippen molar-refractivity contribution in [1.29, 1.82) is 0 Å². The molecule has 0 fully saturated rings. The minimum atomic E-state index is 0.00533. The number of nitrogens with one attached hydrogen (secondary N) is 2. The molecular formula is C22H23N3O2. The lowest BCUT2D eigenvalue weighted by atomic mass is 10.1. The van der Waals surface area contributed by atoms with Crippen LogP contribution >= 0.6 is 0 Å². The number of aromatic nitrogens is 1. The number of methoxy groups -OCH3 is 1. The lowest BCUT2D eigenvalue weighted by molar-refractivity contribution is -0.120. The number of amides is 1. The van der Waals surface area contributed by atoms with E-state index in [1.165, 1.54) is 5.56 Å². The van der Waals surface area contributed by atoms with Crippen LogP contribution in [0.1, 0.15) is 16.7 Å². The quantitative estimate of drug-likeness (QED) is 0.644. The Balaban J connectivity index is 1.45. The van der Waals surface area contributed by atoms with E-state index in [1.807, 2.05) is 60.7 Å². The van der Waals surface area contributed by atoms with Gasteiger partial charge in [-0.1, -0.05) is 24.3 Å². The summed E-state index contributed by atoms with van der Waals surface area (Å²) in [6.07, 6.45) is 3.81. The third kappa shape index (κ3) is 5.85. The van der Waals surface area contributed by atoms with Crippen LogP contribution in [0.2, 0.25) is 0 Å². The second kappa shape index (κ2) is 9.38. The standard InChI is InChI=1S/C22H23N3O2/c1-27-21-8-4-18(5-9-21)15-24-20-6-2-17(3-7-20)14-22(26)25-16-19-10-12-23-13-11-19/h2-13,24H,14-16H2,1H3,(H,25,26). The zero-order chi connectivity index (χ0) is 18.9. The first-order valence-corrected chi connectivity index (χ1v) is 8.84. The molecule has 0 aliphatic heterocycles. The molecule has 5 heteroatoms. The Labute approximate surface area is 159 Å². The fraction of sp³-hybridized carbons (Fsp3) is 0.182. The second-order valence-electron chi connectivity index (χ2n) is 6.21. The fourth-order valence-electron chi connectivity index (χ4n) is 2.64. The zero-order valence-electron chi connectivity index (χ0n) is 15.3. The molecule has 0 aliphatic carbocycles. The van der Waals surface area contributed by atoms with Gasteiger partial charge in [0.05, 0.1) is 13.5 Å². The highest BCUT2D eigenvalue weighted by molar-refractivity contribution is 5.78. The molecule has 0 spiro atoms. The van der Waals surface area contributed by atoms with Crippen LogP contribution in [0, 0.1) is 0 Å². The average Bonchev–Trinajstić information content (AvgIpc) is 2.73. The van der Waals surface area contributed by atoms with Crippen molar-refractivity contribution in [2.24, 2.45) is 0 Å². The molecule has 0 atom stereocenters. The minimum absolute atomic E-state index is 0.00533. The maximum atomic E-state index is 12.1. The number of nitrogens with zero attached hydrogens (tertiary/aromatic N) is 1. The minimum Gasteiger partial charge on any atom is -0.497 e. The molecule has 5 nitrogen and oxygen atoms in total. The first-order chi connectivity index (χ1) is 13.2. The predicted octanol–water partition coefficient (Wildman–Crippen LogP) is 3.56. The largest absolute Gasteiger partial charge is 0.497 e. The number of pyridine rings is 1. The molecule has 1 heterocycles. The maximum Gasteiger partial charge on any atom is 0.224 e. The van der Waals surface area contributed by atoms with Crippen molar-refractivity contribution in [2.45, 2.75) is 19.5 Å². The molecule has 2 aromatic carbocycles. The predicted molar refractivity (Wildman–Crippen MR) is 107 cm³/mol. The van der Waals surface area contributed by atoms with Gasteiger partial charge in [0, 0.05) is 31.2 Å². The highest BCUT2D eigenvalue weighted by atomic mass is 16.5. The Bertz CT molecular complexity index is 847. The van der Waals surface area contributed by atoms with Crippen LogP contribution < -0.4 is 15.4 Å². The van der Waals surface area contributed by atoms with E-state index in [9.17, 15) is 4.79 Å². The number of hydrogen-bond acceptors (Lipinski definition) is 4. The highest BCUT2D eigenvalue weighted by Crippen LogP contribution is 2.14. The van der Waals surface area contributed by atoms with Crippen LogP contribution in [0.5, 0.6) is 5.75 Å². The van der Waals surface area contributed by atoms with Crippen molar-refractivity contribution in [3.63, 3.8) is 0 Å². The summed E-state index contributed by atoms with van der Waals surface area (Å²) in [5, 5.41) is 6.30. The van der Waals surface area contributed by atoms with Crippen molar-refractivity contribution in [3.8, 4) is 5.75 Å². The summed E-state index contributed by atoms with van der Waals surface area (Å²) in [4.78, 5) is 16.0. The summed E-state index contributed by atoms with van der Waals surface area (Å²) in [5.41, 5.74) is 4.22. The van der Waals surface area contributed by atoms with Gasteiger partial charge in [-0.3, -0.25) is 9.78 Å². The van der Waals surface area contributed by atoms with Crippen molar-refractivity contribution < 1.29 is 9.53 Å². The Morgan fingerprint density at radius 1 is 0.852 bits per heavy atom. The number of carbonyl (C=O) groups excluding carboxylic acids is 1. The average molecular weight is 361 g/mol. The number of rotatable bonds is 8. The molecule has 3 aromatic rings. The Morgan fingerprint density at radius 2 is 1.48 bits per heavy atom. The van der Waals surface area contributed by atoms with Gasteiger partial charge in [-0.2, -0.15) is 0 Å². The first-order valence-electron chi connectivity index (χ1n) is 8.84. The lowest BCUT2D eigenvalue weighted by Crippen LogP contribution is -2.24. The summed E-state index contributed by atoms with van der Waals surface area (Å²) in [7, 11) is 1.66. The van der Waals surface area contributed by atoms with E-state index in [0.29, 0.717) is 13.0 Å². The molecule has 138 valence electrons. The molecule has 0 unspecified atom stereocenters. The van der Waals surface area contributed by atoms with Gasteiger partial charge in [0.25, 0.3) is 0 Å². The molecule has 27 heavy (non-hydrogen) atoms. The van der Waals surface area contributed by atoms with Crippen LogP contribution in [0.15, 0.2) is 73.1 Å². The van der Waals surface area contributed by atoms with E-state index >= 15 is 0 Å². The zero-order valence-corrected chi connectivity index (χ0v) is 15.3. The summed E-state index contributed by atoms with van der Waals surface area (Å²) in [6, 6.07) is 19.7. The van der Waals surface area contributed by atoms with Gasteiger partial charge in [0.1, 0.15) is 5.75 Å². The maximum absolute atomic E-state index is 12.1. The summed E-state index contributed by atoms with van der Waals surface area (Å²) >= 11 is 0. The van der Waals surface area contributed by atoms with Crippen LogP contribution in [-0.2, 0) is 24.3 Å². The molecule has 2 N–H and O–H groups in total. The topological polar surface area (TPSA) is 63.2 Å². The van der Waals surface area contributed by atoms with Gasteiger partial charge < -0.3 is 15.4 Å². The molecule has 3 rings (SSSR count). The van der Waals surface area contributed by atoms with Gasteiger partial charge in [-0.15, -0.1) is 0 Å². The van der Waals surface area contributed by atoms with Crippen LogP contribution in [-0.4, -0.2) is 18.0 Å². The smallest absolute Gasteiger partial charge is 0.224 e. The monoisotopic (exact) mass is 361 g/mol. The van der Waals surface area contributed by atoms with Crippen molar-refractivity contribution in [1.82, 2.24) is 10.3 Å². The van der Waals surface area contributed by atoms with Crippen molar-refractivity contribution in [3.05, 3.63) is 89.7 Å². The van der Waals surface area contributed by atoms with E-state index in [-0.39, 0.29) is 5.91 Å². The van der Waals surface area contributed by atoms with Crippen LogP contribution in [0.3, 0.4) is 0 Å². The Hall–Kier alpha value is -3.34. The van der Waals surface area contributed by atoms with E-state index < -0.39 is 0 Å². The highest BCUT2D eigenvalue weighted by Gasteiger charge is 2.04. The normalized spacial score (nSPS) is 10.3. The van der Waals surface area contributed by atoms with E-state index in [1.54, 1.807) is 19.5 Å². The fourth-order valence-corrected chi connectivity index (χ4v) is 2.64. The number of carbonyl (C=O) groups is 1. The molecule has 1 aromatic heterocycles.